The van der Waals surface area contributed by atoms with Gasteiger partial charge in [-0.05, 0) is 29.8 Å². The van der Waals surface area contributed by atoms with Gasteiger partial charge in [-0.3, -0.25) is 4.79 Å². The highest BCUT2D eigenvalue weighted by molar-refractivity contribution is 7.99. The van der Waals surface area contributed by atoms with Crippen molar-refractivity contribution in [3.8, 4) is 11.5 Å². The molecular weight excluding hydrogens is 384 g/mol. The molecule has 2 aromatic heterocycles. The summed E-state index contributed by atoms with van der Waals surface area (Å²) in [5.74, 6) is 1.11. The Kier molecular flexibility index (Phi) is 5.71. The van der Waals surface area contributed by atoms with Gasteiger partial charge in [-0.1, -0.05) is 49.3 Å². The average molecular weight is 407 g/mol. The normalized spacial score (nSPS) is 11.3. The number of hydrogen-bond donors (Lipinski definition) is 1. The van der Waals surface area contributed by atoms with Gasteiger partial charge in [0.25, 0.3) is 0 Å². The second kappa shape index (κ2) is 8.57. The minimum atomic E-state index is -0.0532. The molecule has 5 nitrogen and oxygen atoms in total. The van der Waals surface area contributed by atoms with Gasteiger partial charge in [-0.25, -0.2) is 0 Å². The van der Waals surface area contributed by atoms with Gasteiger partial charge in [0.1, 0.15) is 11.3 Å². The lowest BCUT2D eigenvalue weighted by atomic mass is 10.1. The summed E-state index contributed by atoms with van der Waals surface area (Å²) < 4.78 is 11.2. The topological polar surface area (TPSA) is 68.3 Å². The van der Waals surface area contributed by atoms with Gasteiger partial charge in [0.05, 0.1) is 13.0 Å². The monoisotopic (exact) mass is 406 g/mol. The summed E-state index contributed by atoms with van der Waals surface area (Å²) in [5, 5.41) is 8.46. The van der Waals surface area contributed by atoms with Gasteiger partial charge in [-0.15, -0.1) is 11.8 Å². The van der Waals surface area contributed by atoms with E-state index in [1.165, 1.54) is 4.90 Å². The Morgan fingerprint density at radius 2 is 1.86 bits per heavy atom. The Labute approximate surface area is 173 Å². The van der Waals surface area contributed by atoms with Crippen molar-refractivity contribution >= 4 is 28.6 Å². The van der Waals surface area contributed by atoms with Crippen LogP contribution in [0.15, 0.2) is 74.5 Å². The summed E-state index contributed by atoms with van der Waals surface area (Å²) in [7, 11) is 0. The first-order valence-electron chi connectivity index (χ1n) is 9.53. The summed E-state index contributed by atoms with van der Waals surface area (Å²) in [6.07, 6.45) is 0.334. The van der Waals surface area contributed by atoms with Crippen LogP contribution in [0.3, 0.4) is 0 Å². The largest absolute Gasteiger partial charge is 0.453 e. The number of nitrogens with one attached hydrogen (secondary N) is 1. The molecule has 1 N–H and O–H groups in total. The van der Waals surface area contributed by atoms with Crippen LogP contribution in [0.25, 0.3) is 22.5 Å². The third-order valence-electron chi connectivity index (χ3n) is 4.35. The first-order chi connectivity index (χ1) is 14.1. The molecule has 0 aliphatic carbocycles. The second-order valence-electron chi connectivity index (χ2n) is 7.10. The molecule has 0 aliphatic rings. The molecule has 2 heterocycles. The van der Waals surface area contributed by atoms with Crippen molar-refractivity contribution in [2.45, 2.75) is 37.0 Å². The second-order valence-corrected chi connectivity index (χ2v) is 8.74. The lowest BCUT2D eigenvalue weighted by Gasteiger charge is -2.06. The molecule has 29 heavy (non-hydrogen) atoms. The molecule has 0 saturated heterocycles. The van der Waals surface area contributed by atoms with Crippen molar-refractivity contribution in [3.63, 3.8) is 0 Å². The number of hydrogen-bond acceptors (Lipinski definition) is 5. The van der Waals surface area contributed by atoms with Crippen LogP contribution < -0.4 is 5.32 Å². The Bertz CT molecular complexity index is 1080. The fraction of sp³-hybridized carbons (Fsp3) is 0.217. The van der Waals surface area contributed by atoms with Crippen LogP contribution in [0.1, 0.15) is 25.1 Å². The van der Waals surface area contributed by atoms with Crippen molar-refractivity contribution in [1.29, 1.82) is 0 Å². The molecule has 0 spiro atoms. The Balaban J connectivity index is 1.33. The summed E-state index contributed by atoms with van der Waals surface area (Å²) in [6.45, 7) is 4.63. The third kappa shape index (κ3) is 4.90. The number of amides is 1. The molecule has 0 aliphatic heterocycles. The quantitative estimate of drug-likeness (QED) is 0.414. The van der Waals surface area contributed by atoms with E-state index < -0.39 is 0 Å². The maximum Gasteiger partial charge on any atom is 0.224 e. The Morgan fingerprint density at radius 3 is 2.62 bits per heavy atom. The molecular formula is C23H22N2O3S. The van der Waals surface area contributed by atoms with E-state index in [1.54, 1.807) is 6.07 Å². The van der Waals surface area contributed by atoms with Crippen LogP contribution in [-0.4, -0.2) is 16.3 Å². The van der Waals surface area contributed by atoms with Crippen molar-refractivity contribution in [1.82, 2.24) is 10.5 Å². The number of aromatic nitrogens is 1. The van der Waals surface area contributed by atoms with Crippen LogP contribution in [-0.2, 0) is 17.8 Å². The maximum atomic E-state index is 12.2. The SMILES string of the molecule is CC(C)Sc1ccc(CC(=O)NCc2cc(-c3cc4ccccc4o3)on2)cc1. The van der Waals surface area contributed by atoms with Crippen LogP contribution in [0.2, 0.25) is 0 Å². The predicted octanol–water partition coefficient (Wildman–Crippen LogP) is 5.45. The first-order valence-corrected chi connectivity index (χ1v) is 10.4. The van der Waals surface area contributed by atoms with E-state index in [9.17, 15) is 4.79 Å². The van der Waals surface area contributed by atoms with E-state index in [0.717, 1.165) is 16.5 Å². The molecule has 1 amide bonds. The summed E-state index contributed by atoms with van der Waals surface area (Å²) >= 11 is 1.81. The molecule has 148 valence electrons. The number of thioether (sulfide) groups is 1. The molecule has 0 radical (unpaired) electrons. The fourth-order valence-corrected chi connectivity index (χ4v) is 3.85. The van der Waals surface area contributed by atoms with Gasteiger partial charge in [0, 0.05) is 21.6 Å². The van der Waals surface area contributed by atoms with Crippen LogP contribution in [0.5, 0.6) is 0 Å². The lowest BCUT2D eigenvalue weighted by molar-refractivity contribution is -0.120. The van der Waals surface area contributed by atoms with Crippen molar-refractivity contribution < 1.29 is 13.7 Å². The van der Waals surface area contributed by atoms with Crippen molar-refractivity contribution in [3.05, 3.63) is 71.9 Å². The summed E-state index contributed by atoms with van der Waals surface area (Å²) in [5.41, 5.74) is 2.43. The number of carbonyl (C=O) groups is 1. The van der Waals surface area contributed by atoms with E-state index in [-0.39, 0.29) is 5.91 Å². The van der Waals surface area contributed by atoms with Crippen LogP contribution in [0, 0.1) is 0 Å². The Hall–Kier alpha value is -2.99. The minimum Gasteiger partial charge on any atom is -0.453 e. The highest BCUT2D eigenvalue weighted by Crippen LogP contribution is 2.28. The average Bonchev–Trinajstić information content (AvgIpc) is 3.34. The molecule has 0 bridgehead atoms. The zero-order valence-corrected chi connectivity index (χ0v) is 17.2. The summed E-state index contributed by atoms with van der Waals surface area (Å²) in [4.78, 5) is 13.5. The van der Waals surface area contributed by atoms with E-state index in [2.05, 4.69) is 36.5 Å². The van der Waals surface area contributed by atoms with Crippen LogP contribution in [0.4, 0.5) is 0 Å². The molecule has 0 atom stereocenters. The number of rotatable bonds is 7. The lowest BCUT2D eigenvalue weighted by Crippen LogP contribution is -2.24. The highest BCUT2D eigenvalue weighted by Gasteiger charge is 2.13. The maximum absolute atomic E-state index is 12.2. The van der Waals surface area contributed by atoms with Crippen LogP contribution >= 0.6 is 11.8 Å². The standard InChI is InChI=1S/C23H22N2O3S/c1-15(2)29-19-9-7-16(8-10-19)11-23(26)24-14-18-13-22(28-25-18)21-12-17-5-3-4-6-20(17)27-21/h3-10,12-13,15H,11,14H2,1-2H3,(H,24,26). The predicted molar refractivity (Wildman–Crippen MR) is 115 cm³/mol. The van der Waals surface area contributed by atoms with E-state index in [4.69, 9.17) is 8.94 Å². The smallest absolute Gasteiger partial charge is 0.224 e. The summed E-state index contributed by atoms with van der Waals surface area (Å²) in [6, 6.07) is 19.6. The van der Waals surface area contributed by atoms with E-state index in [1.807, 2.05) is 54.2 Å². The van der Waals surface area contributed by atoms with Crippen molar-refractivity contribution in [2.75, 3.05) is 0 Å². The number of fused-ring (bicyclic) bond motifs is 1. The number of benzene rings is 2. The molecule has 4 aromatic rings. The Morgan fingerprint density at radius 1 is 1.07 bits per heavy atom. The fourth-order valence-electron chi connectivity index (χ4n) is 3.01. The zero-order chi connectivity index (χ0) is 20.2. The molecule has 6 heteroatoms. The molecule has 0 unspecified atom stereocenters. The third-order valence-corrected chi connectivity index (χ3v) is 5.37. The van der Waals surface area contributed by atoms with Gasteiger partial charge in [0.2, 0.25) is 11.7 Å². The molecule has 0 fully saturated rings. The molecule has 2 aromatic carbocycles. The van der Waals surface area contributed by atoms with Crippen molar-refractivity contribution in [2.24, 2.45) is 0 Å². The number of para-hydroxylation sites is 1. The first kappa shape index (κ1) is 19.3. The van der Waals surface area contributed by atoms with Gasteiger partial charge in [0.15, 0.2) is 5.76 Å². The zero-order valence-electron chi connectivity index (χ0n) is 16.3. The van der Waals surface area contributed by atoms with Gasteiger partial charge < -0.3 is 14.3 Å². The molecule has 0 saturated carbocycles. The van der Waals surface area contributed by atoms with E-state index >= 15 is 0 Å². The highest BCUT2D eigenvalue weighted by atomic mass is 32.2. The molecule has 4 rings (SSSR count). The minimum absolute atomic E-state index is 0.0532. The van der Waals surface area contributed by atoms with Gasteiger partial charge >= 0.3 is 0 Å². The number of carbonyl (C=O) groups excluding carboxylic acids is 1. The van der Waals surface area contributed by atoms with E-state index in [0.29, 0.717) is 35.4 Å². The number of furan rings is 1. The number of nitrogens with zero attached hydrogens (tertiary/aromatic N) is 1. The van der Waals surface area contributed by atoms with Gasteiger partial charge in [-0.2, -0.15) is 0 Å².